The van der Waals surface area contributed by atoms with E-state index in [4.69, 9.17) is 0 Å². The van der Waals surface area contributed by atoms with Gasteiger partial charge in [0.05, 0.1) is 18.1 Å². The lowest BCUT2D eigenvalue weighted by molar-refractivity contribution is -0.120. The maximum Gasteiger partial charge on any atom is 0.245 e. The lowest BCUT2D eigenvalue weighted by Gasteiger charge is -2.19. The lowest BCUT2D eigenvalue weighted by Crippen LogP contribution is -2.42. The second-order valence-corrected chi connectivity index (χ2v) is 3.87. The fourth-order valence-electron chi connectivity index (χ4n) is 2.07. The average Bonchev–Trinajstić information content (AvgIpc) is 2.53. The monoisotopic (exact) mass is 208 g/mol. The largest absolute Gasteiger partial charge is 0.317 e. The van der Waals surface area contributed by atoms with Crippen LogP contribution in [0.15, 0.2) is 6.33 Å². The number of carbonyl (C=O) groups excluding carboxylic acids is 1. The topological polar surface area (TPSA) is 50.2 Å². The molecule has 82 valence electrons. The van der Waals surface area contributed by atoms with E-state index < -0.39 is 0 Å². The summed E-state index contributed by atoms with van der Waals surface area (Å²) in [4.78, 5) is 17.9. The molecule has 1 aliphatic rings. The van der Waals surface area contributed by atoms with Crippen molar-refractivity contribution in [1.82, 2.24) is 14.9 Å². The zero-order chi connectivity index (χ0) is 11.0. The summed E-state index contributed by atoms with van der Waals surface area (Å²) in [6.45, 7) is 2.76. The number of rotatable bonds is 1. The summed E-state index contributed by atoms with van der Waals surface area (Å²) in [5.41, 5.74) is 0.905. The first-order valence-corrected chi connectivity index (χ1v) is 5.11. The number of likely N-dealkylation sites (N-methyl/N-ethyl adjacent to an activating group) is 2. The summed E-state index contributed by atoms with van der Waals surface area (Å²) < 4.78 is 2.03. The number of imidazole rings is 1. The third-order valence-electron chi connectivity index (χ3n) is 2.94. The van der Waals surface area contributed by atoms with Crippen molar-refractivity contribution in [2.24, 2.45) is 0 Å². The first-order chi connectivity index (χ1) is 7.15. The number of hydrogen-bond acceptors (Lipinski definition) is 3. The Kier molecular flexibility index (Phi) is 2.48. The van der Waals surface area contributed by atoms with E-state index >= 15 is 0 Å². The zero-order valence-electron chi connectivity index (χ0n) is 9.32. The first-order valence-electron chi connectivity index (χ1n) is 5.11. The third-order valence-corrected chi connectivity index (χ3v) is 2.94. The summed E-state index contributed by atoms with van der Waals surface area (Å²) >= 11 is 0. The van der Waals surface area contributed by atoms with Gasteiger partial charge in [0.25, 0.3) is 0 Å². The Morgan fingerprint density at radius 1 is 1.60 bits per heavy atom. The molecule has 0 aromatic carbocycles. The van der Waals surface area contributed by atoms with E-state index in [-0.39, 0.29) is 11.9 Å². The molecule has 1 N–H and O–H groups in total. The smallest absolute Gasteiger partial charge is 0.245 e. The molecule has 1 aromatic rings. The van der Waals surface area contributed by atoms with Gasteiger partial charge in [-0.1, -0.05) is 0 Å². The van der Waals surface area contributed by atoms with Crippen LogP contribution in [0.2, 0.25) is 0 Å². The quantitative estimate of drug-likeness (QED) is 0.714. The van der Waals surface area contributed by atoms with Crippen LogP contribution < -0.4 is 10.2 Å². The summed E-state index contributed by atoms with van der Waals surface area (Å²) in [5, 5.41) is 3.04. The maximum atomic E-state index is 12.0. The molecule has 2 rings (SSSR count). The Balaban J connectivity index is 2.40. The van der Waals surface area contributed by atoms with Crippen LogP contribution >= 0.6 is 0 Å². The van der Waals surface area contributed by atoms with Gasteiger partial charge in [-0.3, -0.25) is 9.69 Å². The molecule has 0 fully saturated rings. The van der Waals surface area contributed by atoms with Crippen molar-refractivity contribution in [2.45, 2.75) is 25.9 Å². The molecule has 0 bridgehead atoms. The normalized spacial score (nSPS) is 21.4. The second kappa shape index (κ2) is 3.66. The van der Waals surface area contributed by atoms with Crippen LogP contribution in [0.25, 0.3) is 0 Å². The van der Waals surface area contributed by atoms with E-state index in [1.165, 1.54) is 0 Å². The molecule has 1 aromatic heterocycles. The number of aromatic nitrogens is 2. The van der Waals surface area contributed by atoms with Gasteiger partial charge in [0.2, 0.25) is 5.91 Å². The van der Waals surface area contributed by atoms with Crippen LogP contribution in [0.4, 0.5) is 5.82 Å². The van der Waals surface area contributed by atoms with E-state index in [0.29, 0.717) is 0 Å². The molecule has 1 atom stereocenters. The molecule has 1 aliphatic heterocycles. The fraction of sp³-hybridized carbons (Fsp3) is 0.600. The van der Waals surface area contributed by atoms with Crippen LogP contribution in [-0.4, -0.2) is 35.6 Å². The molecule has 2 heterocycles. The summed E-state index contributed by atoms with van der Waals surface area (Å²) in [5.74, 6) is 1.03. The molecule has 0 saturated heterocycles. The Bertz CT molecular complexity index is 385. The predicted molar refractivity (Wildman–Crippen MR) is 57.8 cm³/mol. The Labute approximate surface area is 89.1 Å². The standard InChI is InChI=1S/C10H16N4O/c1-7-9-13(3)10(15)8(11-2)4-5-14(9)6-12-7/h6,8,11H,4-5H2,1-3H3. The predicted octanol–water partition coefficient (Wildman–Crippen LogP) is 0.146. The number of fused-ring (bicyclic) bond motifs is 1. The highest BCUT2D eigenvalue weighted by atomic mass is 16.2. The Hall–Kier alpha value is -1.36. The molecular formula is C10H16N4O. The number of anilines is 1. The molecule has 5 heteroatoms. The van der Waals surface area contributed by atoms with Crippen molar-refractivity contribution in [3.05, 3.63) is 12.0 Å². The molecule has 0 spiro atoms. The van der Waals surface area contributed by atoms with Gasteiger partial charge in [-0.15, -0.1) is 0 Å². The highest BCUT2D eigenvalue weighted by Gasteiger charge is 2.28. The Morgan fingerprint density at radius 3 is 3.00 bits per heavy atom. The molecule has 1 amide bonds. The van der Waals surface area contributed by atoms with E-state index in [0.717, 1.165) is 24.5 Å². The first kappa shape index (κ1) is 10.2. The van der Waals surface area contributed by atoms with Crippen molar-refractivity contribution in [2.75, 3.05) is 19.0 Å². The van der Waals surface area contributed by atoms with Gasteiger partial charge in [0.15, 0.2) is 0 Å². The number of nitrogens with zero attached hydrogens (tertiary/aromatic N) is 3. The minimum atomic E-state index is -0.0886. The number of amides is 1. The summed E-state index contributed by atoms with van der Waals surface area (Å²) in [6, 6.07) is -0.0886. The van der Waals surface area contributed by atoms with Crippen molar-refractivity contribution >= 4 is 11.7 Å². The van der Waals surface area contributed by atoms with Crippen molar-refractivity contribution in [3.8, 4) is 0 Å². The van der Waals surface area contributed by atoms with Gasteiger partial charge >= 0.3 is 0 Å². The van der Waals surface area contributed by atoms with E-state index in [9.17, 15) is 4.79 Å². The van der Waals surface area contributed by atoms with Crippen molar-refractivity contribution < 1.29 is 4.79 Å². The van der Waals surface area contributed by atoms with Crippen LogP contribution in [0.3, 0.4) is 0 Å². The van der Waals surface area contributed by atoms with Gasteiger partial charge < -0.3 is 9.88 Å². The minimum Gasteiger partial charge on any atom is -0.317 e. The van der Waals surface area contributed by atoms with Gasteiger partial charge in [-0.05, 0) is 20.4 Å². The minimum absolute atomic E-state index is 0.0886. The van der Waals surface area contributed by atoms with Crippen LogP contribution in [-0.2, 0) is 11.3 Å². The van der Waals surface area contributed by atoms with Crippen LogP contribution in [0.5, 0.6) is 0 Å². The van der Waals surface area contributed by atoms with Crippen molar-refractivity contribution in [1.29, 1.82) is 0 Å². The van der Waals surface area contributed by atoms with Gasteiger partial charge in [0.1, 0.15) is 5.82 Å². The van der Waals surface area contributed by atoms with E-state index in [2.05, 4.69) is 10.3 Å². The third kappa shape index (κ3) is 1.52. The van der Waals surface area contributed by atoms with E-state index in [1.54, 1.807) is 18.3 Å². The van der Waals surface area contributed by atoms with Gasteiger partial charge in [0, 0.05) is 13.6 Å². The SMILES string of the molecule is CNC1CCn2cnc(C)c2N(C)C1=O. The number of nitrogens with one attached hydrogen (secondary N) is 1. The number of hydrogen-bond donors (Lipinski definition) is 1. The molecule has 0 saturated carbocycles. The average molecular weight is 208 g/mol. The molecule has 5 nitrogen and oxygen atoms in total. The van der Waals surface area contributed by atoms with Crippen molar-refractivity contribution in [3.63, 3.8) is 0 Å². The van der Waals surface area contributed by atoms with Crippen LogP contribution in [0.1, 0.15) is 12.1 Å². The number of carbonyl (C=O) groups is 1. The fourth-order valence-corrected chi connectivity index (χ4v) is 2.07. The second-order valence-electron chi connectivity index (χ2n) is 3.87. The molecule has 0 radical (unpaired) electrons. The zero-order valence-corrected chi connectivity index (χ0v) is 9.32. The van der Waals surface area contributed by atoms with Crippen LogP contribution in [0, 0.1) is 6.92 Å². The van der Waals surface area contributed by atoms with Gasteiger partial charge in [-0.25, -0.2) is 4.98 Å². The molecule has 0 aliphatic carbocycles. The van der Waals surface area contributed by atoms with Gasteiger partial charge in [-0.2, -0.15) is 0 Å². The maximum absolute atomic E-state index is 12.0. The molecule has 15 heavy (non-hydrogen) atoms. The summed E-state index contributed by atoms with van der Waals surface area (Å²) in [7, 11) is 3.63. The molecule has 1 unspecified atom stereocenters. The highest BCUT2D eigenvalue weighted by Crippen LogP contribution is 2.22. The lowest BCUT2D eigenvalue weighted by atomic mass is 10.2. The molecular weight excluding hydrogens is 192 g/mol. The summed E-state index contributed by atoms with van der Waals surface area (Å²) in [6.07, 6.45) is 2.61. The van der Waals surface area contributed by atoms with E-state index in [1.807, 2.05) is 18.5 Å². The number of aryl methyl sites for hydroxylation is 2. The Morgan fingerprint density at radius 2 is 2.33 bits per heavy atom. The highest BCUT2D eigenvalue weighted by molar-refractivity contribution is 5.96.